The zero-order valence-corrected chi connectivity index (χ0v) is 42.5. The number of unbranched alkanes of at least 4 members (excludes halogenated alkanes) is 34. The van der Waals surface area contributed by atoms with Crippen molar-refractivity contribution in [1.82, 2.24) is 0 Å². The first kappa shape index (κ1) is 61.1. The fourth-order valence-corrected chi connectivity index (χ4v) is 8.42. The van der Waals surface area contributed by atoms with E-state index in [4.69, 9.17) is 14.2 Å². The maximum Gasteiger partial charge on any atom is 0.306 e. The Kier molecular flexibility index (Phi) is 45.2. The quantitative estimate of drug-likeness (QED) is 0.0259. The summed E-state index contributed by atoms with van der Waals surface area (Å²) in [6.45, 7) is 4.72. The number of allylic oxidation sites excluding steroid dienone is 2. The number of likely N-dealkylation sites (N-methyl/N-ethyl adjacent to an activating group) is 1. The van der Waals surface area contributed by atoms with Crippen LogP contribution in [0.3, 0.4) is 0 Å². The Labute approximate surface area is 390 Å². The van der Waals surface area contributed by atoms with E-state index in [0.29, 0.717) is 12.8 Å². The molecule has 0 aromatic carbocycles. The second-order valence-corrected chi connectivity index (χ2v) is 19.8. The van der Waals surface area contributed by atoms with E-state index >= 15 is 0 Å². The van der Waals surface area contributed by atoms with Crippen molar-refractivity contribution < 1.29 is 38.2 Å². The van der Waals surface area contributed by atoms with Crippen LogP contribution in [0.15, 0.2) is 12.2 Å². The van der Waals surface area contributed by atoms with Crippen molar-refractivity contribution in [3.8, 4) is 0 Å². The molecule has 0 fully saturated rings. The lowest BCUT2D eigenvalue weighted by atomic mass is 10.0. The van der Waals surface area contributed by atoms with Crippen LogP contribution < -0.4 is 5.11 Å². The summed E-state index contributed by atoms with van der Waals surface area (Å²) in [5.41, 5.74) is 0. The molecule has 0 radical (unpaired) electrons. The van der Waals surface area contributed by atoms with Gasteiger partial charge in [0, 0.05) is 19.3 Å². The molecule has 2 atom stereocenters. The molecule has 0 N–H and O–H groups in total. The van der Waals surface area contributed by atoms with Gasteiger partial charge in [0.05, 0.1) is 40.3 Å². The summed E-state index contributed by atoms with van der Waals surface area (Å²) in [6.07, 6.45) is 52.4. The summed E-state index contributed by atoms with van der Waals surface area (Å²) in [5, 5.41) is 11.7. The maximum atomic E-state index is 12.8. The Bertz CT molecular complexity index is 1040. The van der Waals surface area contributed by atoms with Crippen molar-refractivity contribution in [1.29, 1.82) is 0 Å². The topological polar surface area (TPSA) is 102 Å². The summed E-state index contributed by atoms with van der Waals surface area (Å²) in [4.78, 5) is 37.1. The molecule has 0 aliphatic rings. The van der Waals surface area contributed by atoms with Gasteiger partial charge in [-0.05, 0) is 38.5 Å². The molecular formula is C55H105NO7. The number of rotatable bonds is 50. The highest BCUT2D eigenvalue weighted by Crippen LogP contribution is 2.17. The molecule has 372 valence electrons. The molecular weight excluding hydrogens is 787 g/mol. The van der Waals surface area contributed by atoms with Gasteiger partial charge in [0.25, 0.3) is 0 Å². The monoisotopic (exact) mass is 892 g/mol. The number of aliphatic carboxylic acids is 1. The van der Waals surface area contributed by atoms with Crippen molar-refractivity contribution in [3.63, 3.8) is 0 Å². The number of carboxylic acids is 1. The van der Waals surface area contributed by atoms with Crippen molar-refractivity contribution >= 4 is 17.9 Å². The highest BCUT2D eigenvalue weighted by atomic mass is 16.6. The van der Waals surface area contributed by atoms with Crippen molar-refractivity contribution in [3.05, 3.63) is 12.2 Å². The van der Waals surface area contributed by atoms with Crippen LogP contribution in [0.1, 0.15) is 271 Å². The third-order valence-electron chi connectivity index (χ3n) is 12.7. The maximum absolute atomic E-state index is 12.8. The zero-order valence-electron chi connectivity index (χ0n) is 42.5. The van der Waals surface area contributed by atoms with E-state index in [0.717, 1.165) is 38.5 Å². The number of quaternary nitrogens is 1. The number of esters is 2. The van der Waals surface area contributed by atoms with Crippen LogP contribution in [0.4, 0.5) is 0 Å². The first-order chi connectivity index (χ1) is 30.6. The van der Waals surface area contributed by atoms with Crippen LogP contribution in [0.2, 0.25) is 0 Å². The van der Waals surface area contributed by atoms with Gasteiger partial charge in [0.1, 0.15) is 12.6 Å². The molecule has 63 heavy (non-hydrogen) atoms. The van der Waals surface area contributed by atoms with Gasteiger partial charge in [-0.3, -0.25) is 9.59 Å². The minimum atomic E-state index is -1.12. The lowest BCUT2D eigenvalue weighted by molar-refractivity contribution is -0.889. The molecule has 0 heterocycles. The van der Waals surface area contributed by atoms with E-state index < -0.39 is 18.1 Å². The minimum Gasteiger partial charge on any atom is -0.544 e. The lowest BCUT2D eigenvalue weighted by Gasteiger charge is -2.34. The molecule has 2 unspecified atom stereocenters. The fourth-order valence-electron chi connectivity index (χ4n) is 8.42. The third kappa shape index (κ3) is 45.0. The van der Waals surface area contributed by atoms with Crippen molar-refractivity contribution in [2.24, 2.45) is 0 Å². The van der Waals surface area contributed by atoms with Gasteiger partial charge in [-0.15, -0.1) is 0 Å². The summed E-state index contributed by atoms with van der Waals surface area (Å²) < 4.78 is 17.3. The predicted molar refractivity (Wildman–Crippen MR) is 264 cm³/mol. The van der Waals surface area contributed by atoms with E-state index in [1.165, 1.54) is 199 Å². The molecule has 0 saturated heterocycles. The Morgan fingerprint density at radius 3 is 1.14 bits per heavy atom. The smallest absolute Gasteiger partial charge is 0.306 e. The number of carbonyl (C=O) groups is 3. The number of carbonyl (C=O) groups excluding carboxylic acids is 3. The number of ether oxygens (including phenoxy) is 3. The normalized spacial score (nSPS) is 12.8. The molecule has 0 rings (SSSR count). The average molecular weight is 892 g/mol. The molecule has 0 bridgehead atoms. The van der Waals surface area contributed by atoms with Crippen LogP contribution in [0.25, 0.3) is 0 Å². The number of nitrogens with zero attached hydrogens (tertiary/aromatic N) is 1. The van der Waals surface area contributed by atoms with E-state index in [1.54, 1.807) is 0 Å². The van der Waals surface area contributed by atoms with Gasteiger partial charge in [-0.25, -0.2) is 0 Å². The van der Waals surface area contributed by atoms with Gasteiger partial charge >= 0.3 is 11.9 Å². The molecule has 0 aliphatic carbocycles. The van der Waals surface area contributed by atoms with Crippen molar-refractivity contribution in [2.45, 2.75) is 283 Å². The third-order valence-corrected chi connectivity index (χ3v) is 12.7. The van der Waals surface area contributed by atoms with Gasteiger partial charge < -0.3 is 28.6 Å². The number of hydrogen-bond acceptors (Lipinski definition) is 7. The summed E-state index contributed by atoms with van der Waals surface area (Å²) in [5.74, 6) is -1.72. The van der Waals surface area contributed by atoms with Crippen LogP contribution >= 0.6 is 0 Å². The van der Waals surface area contributed by atoms with Gasteiger partial charge in [-0.2, -0.15) is 0 Å². The lowest BCUT2D eigenvalue weighted by Crippen LogP contribution is -2.55. The second-order valence-electron chi connectivity index (χ2n) is 19.8. The van der Waals surface area contributed by atoms with Gasteiger partial charge in [0.15, 0.2) is 6.10 Å². The summed E-state index contributed by atoms with van der Waals surface area (Å²) in [7, 11) is 5.43. The first-order valence-electron chi connectivity index (χ1n) is 27.2. The molecule has 0 spiro atoms. The number of carboxylic acid groups (broad SMARTS) is 1. The molecule has 8 nitrogen and oxygen atoms in total. The molecule has 0 aliphatic heterocycles. The Morgan fingerprint density at radius 2 is 0.794 bits per heavy atom. The predicted octanol–water partition coefficient (Wildman–Crippen LogP) is 14.5. The Balaban J connectivity index is 4.18. The summed E-state index contributed by atoms with van der Waals surface area (Å²) >= 11 is 0. The number of hydrogen-bond donors (Lipinski definition) is 0. The van der Waals surface area contributed by atoms with E-state index in [1.807, 2.05) is 21.1 Å². The average Bonchev–Trinajstić information content (AvgIpc) is 3.24. The van der Waals surface area contributed by atoms with E-state index in [9.17, 15) is 19.5 Å². The standard InChI is InChI=1S/C55H105NO7/c1-6-8-10-12-14-16-18-20-22-24-26-28-30-32-34-36-38-40-42-44-46-54(58)63-51(49-61-48-47-52(55(59)60)56(3,4)5)50-62-53(57)45-43-41-39-37-35-33-31-29-27-25-23-21-19-17-15-13-11-9-7-2/h26,28,51-52H,6-25,27,29-50H2,1-5H3/b28-26+. The van der Waals surface area contributed by atoms with Crippen LogP contribution in [-0.2, 0) is 28.6 Å². The second kappa shape index (κ2) is 46.6. The molecule has 8 heteroatoms. The summed E-state index contributed by atoms with van der Waals surface area (Å²) in [6, 6.07) is -0.723. The van der Waals surface area contributed by atoms with E-state index in [2.05, 4.69) is 26.0 Å². The van der Waals surface area contributed by atoms with Gasteiger partial charge in [-0.1, -0.05) is 225 Å². The van der Waals surface area contributed by atoms with Crippen LogP contribution in [-0.4, -0.2) is 75.5 Å². The van der Waals surface area contributed by atoms with Crippen molar-refractivity contribution in [2.75, 3.05) is 41.0 Å². The highest BCUT2D eigenvalue weighted by molar-refractivity contribution is 5.70. The highest BCUT2D eigenvalue weighted by Gasteiger charge is 2.25. The first-order valence-corrected chi connectivity index (χ1v) is 27.2. The fraction of sp³-hybridized carbons (Fsp3) is 0.909. The molecule has 0 amide bonds. The Hall–Kier alpha value is -1.93. The molecule has 0 aromatic rings. The molecule has 0 aromatic heterocycles. The van der Waals surface area contributed by atoms with Crippen LogP contribution in [0.5, 0.6) is 0 Å². The molecule has 0 saturated carbocycles. The minimum absolute atomic E-state index is 0.0453. The SMILES string of the molecule is CCCCCCCCCCC/C=C/CCCCCCCCCC(=O)OC(COCCC(C(=O)[O-])[N+](C)(C)C)COC(=O)CCCCCCCCCCCCCCCCCCCCC. The van der Waals surface area contributed by atoms with E-state index in [-0.39, 0.29) is 42.7 Å². The Morgan fingerprint density at radius 1 is 0.460 bits per heavy atom. The zero-order chi connectivity index (χ0) is 46.3. The van der Waals surface area contributed by atoms with Gasteiger partial charge in [0.2, 0.25) is 0 Å². The largest absolute Gasteiger partial charge is 0.544 e. The van der Waals surface area contributed by atoms with Crippen LogP contribution in [0, 0.1) is 0 Å².